The third-order valence-corrected chi connectivity index (χ3v) is 4.94. The van der Waals surface area contributed by atoms with E-state index in [1.165, 1.54) is 12.1 Å². The van der Waals surface area contributed by atoms with Crippen LogP contribution in [-0.2, 0) is 12.8 Å². The van der Waals surface area contributed by atoms with E-state index in [0.717, 1.165) is 0 Å². The molecule has 0 aliphatic heterocycles. The quantitative estimate of drug-likeness (QED) is 0.403. The van der Waals surface area contributed by atoms with Gasteiger partial charge in [0.05, 0.1) is 6.61 Å². The normalized spacial score (nSPS) is 11.7. The Labute approximate surface area is 154 Å². The van der Waals surface area contributed by atoms with Crippen LogP contribution >= 0.6 is 31.9 Å². The summed E-state index contributed by atoms with van der Waals surface area (Å²) in [5, 5.41) is 0. The monoisotopic (exact) mass is 455 g/mol. The summed E-state index contributed by atoms with van der Waals surface area (Å²) in [7, 11) is 0. The smallest absolute Gasteiger partial charge is 0.338 e. The number of benzene rings is 2. The highest BCUT2D eigenvalue weighted by Gasteiger charge is 2.36. The summed E-state index contributed by atoms with van der Waals surface area (Å²) in [4.78, 5) is 16.5. The summed E-state index contributed by atoms with van der Waals surface area (Å²) < 4.78 is 22.6. The van der Waals surface area contributed by atoms with Crippen LogP contribution in [0.4, 0.5) is 4.39 Å². The van der Waals surface area contributed by atoms with E-state index >= 15 is 0 Å². The molecule has 0 fully saturated rings. The Morgan fingerprint density at radius 2 is 1.96 bits per heavy atom. The van der Waals surface area contributed by atoms with Gasteiger partial charge in [-0.05, 0) is 48.9 Å². The molecule has 0 atom stereocenters. The third kappa shape index (κ3) is 3.23. The standard InChI is InChI=1S/C17H12Br2FNO3/c1-2-23-16(22)17(18,19)11-5-8-14-13(9-11)21-15(24-14)10-3-6-12(20)7-4-10/h3-9H,2H2,1H3. The van der Waals surface area contributed by atoms with E-state index in [0.29, 0.717) is 28.1 Å². The fourth-order valence-electron chi connectivity index (χ4n) is 2.18. The molecular formula is C17H12Br2FNO3. The summed E-state index contributed by atoms with van der Waals surface area (Å²) in [6.45, 7) is 2.02. The number of halogens is 3. The van der Waals surface area contributed by atoms with E-state index in [1.807, 2.05) is 0 Å². The lowest BCUT2D eigenvalue weighted by molar-refractivity contribution is -0.143. The van der Waals surface area contributed by atoms with Crippen LogP contribution in [0.5, 0.6) is 0 Å². The zero-order chi connectivity index (χ0) is 17.3. The zero-order valence-electron chi connectivity index (χ0n) is 12.6. The Balaban J connectivity index is 2.00. The number of fused-ring (bicyclic) bond motifs is 1. The van der Waals surface area contributed by atoms with Crippen molar-refractivity contribution >= 4 is 48.9 Å². The van der Waals surface area contributed by atoms with Crippen LogP contribution < -0.4 is 0 Å². The molecule has 3 aromatic rings. The van der Waals surface area contributed by atoms with Gasteiger partial charge in [-0.1, -0.05) is 37.9 Å². The summed E-state index contributed by atoms with van der Waals surface area (Å²) in [5.74, 6) is -0.394. The molecule has 124 valence electrons. The lowest BCUT2D eigenvalue weighted by Crippen LogP contribution is -2.24. The molecule has 1 heterocycles. The van der Waals surface area contributed by atoms with Crippen molar-refractivity contribution < 1.29 is 18.3 Å². The van der Waals surface area contributed by atoms with Crippen LogP contribution in [-0.4, -0.2) is 17.6 Å². The number of aromatic nitrogens is 1. The minimum Gasteiger partial charge on any atom is -0.464 e. The van der Waals surface area contributed by atoms with Crippen LogP contribution in [0.1, 0.15) is 12.5 Å². The lowest BCUT2D eigenvalue weighted by Gasteiger charge is -2.18. The lowest BCUT2D eigenvalue weighted by atomic mass is 10.1. The van der Waals surface area contributed by atoms with Crippen LogP contribution in [0.2, 0.25) is 0 Å². The van der Waals surface area contributed by atoms with E-state index in [-0.39, 0.29) is 12.4 Å². The Bertz CT molecular complexity index is 890. The second kappa shape index (κ2) is 6.64. The third-order valence-electron chi connectivity index (χ3n) is 3.37. The van der Waals surface area contributed by atoms with Gasteiger partial charge in [0.1, 0.15) is 11.3 Å². The Hall–Kier alpha value is -1.73. The van der Waals surface area contributed by atoms with E-state index in [1.54, 1.807) is 37.3 Å². The highest BCUT2D eigenvalue weighted by atomic mass is 79.9. The Kier molecular flexibility index (Phi) is 4.73. The highest BCUT2D eigenvalue weighted by Crippen LogP contribution is 2.40. The van der Waals surface area contributed by atoms with E-state index < -0.39 is 9.20 Å². The van der Waals surface area contributed by atoms with Crippen LogP contribution in [0.25, 0.3) is 22.6 Å². The van der Waals surface area contributed by atoms with Crippen molar-refractivity contribution in [3.8, 4) is 11.5 Å². The second-order valence-corrected chi connectivity index (χ2v) is 8.45. The maximum absolute atomic E-state index is 13.0. The van der Waals surface area contributed by atoms with Gasteiger partial charge < -0.3 is 9.15 Å². The molecule has 0 amide bonds. The Morgan fingerprint density at radius 3 is 2.62 bits per heavy atom. The molecule has 0 aliphatic carbocycles. The molecule has 0 spiro atoms. The first-order valence-corrected chi connectivity index (χ1v) is 8.72. The van der Waals surface area contributed by atoms with Gasteiger partial charge in [0.15, 0.2) is 5.58 Å². The number of ether oxygens (including phenoxy) is 1. The maximum atomic E-state index is 13.0. The van der Waals surface area contributed by atoms with Crippen molar-refractivity contribution in [3.63, 3.8) is 0 Å². The predicted octanol–water partition coefficient (Wildman–Crippen LogP) is 5.14. The van der Waals surface area contributed by atoms with Gasteiger partial charge in [-0.25, -0.2) is 14.2 Å². The highest BCUT2D eigenvalue weighted by molar-refractivity contribution is 9.25. The number of nitrogens with zero attached hydrogens (tertiary/aromatic N) is 1. The van der Waals surface area contributed by atoms with Gasteiger partial charge in [-0.15, -0.1) is 0 Å². The molecule has 2 aromatic carbocycles. The van der Waals surface area contributed by atoms with Crippen molar-refractivity contribution in [1.82, 2.24) is 4.98 Å². The number of rotatable bonds is 4. The van der Waals surface area contributed by atoms with Gasteiger partial charge in [-0.3, -0.25) is 0 Å². The molecule has 1 aromatic heterocycles. The van der Waals surface area contributed by atoms with Gasteiger partial charge in [0, 0.05) is 5.56 Å². The van der Waals surface area contributed by atoms with E-state index in [2.05, 4.69) is 36.8 Å². The van der Waals surface area contributed by atoms with Gasteiger partial charge in [0.2, 0.25) is 9.12 Å². The minimum absolute atomic E-state index is 0.276. The average Bonchev–Trinajstić information content (AvgIpc) is 2.98. The first kappa shape index (κ1) is 17.1. The average molecular weight is 457 g/mol. The number of hydrogen-bond acceptors (Lipinski definition) is 4. The predicted molar refractivity (Wildman–Crippen MR) is 95.6 cm³/mol. The van der Waals surface area contributed by atoms with Crippen molar-refractivity contribution in [2.24, 2.45) is 0 Å². The molecule has 3 rings (SSSR count). The van der Waals surface area contributed by atoms with E-state index in [9.17, 15) is 9.18 Å². The van der Waals surface area contributed by atoms with Gasteiger partial charge in [-0.2, -0.15) is 0 Å². The van der Waals surface area contributed by atoms with Crippen molar-refractivity contribution in [3.05, 3.63) is 53.8 Å². The van der Waals surface area contributed by atoms with Crippen LogP contribution in [0, 0.1) is 5.82 Å². The number of esters is 1. The van der Waals surface area contributed by atoms with Crippen molar-refractivity contribution in [2.75, 3.05) is 6.61 Å². The number of oxazole rings is 1. The van der Waals surface area contributed by atoms with Gasteiger partial charge >= 0.3 is 5.97 Å². The maximum Gasteiger partial charge on any atom is 0.338 e. The number of alkyl halides is 2. The minimum atomic E-state index is -1.15. The molecule has 0 radical (unpaired) electrons. The molecule has 0 bridgehead atoms. The molecule has 4 nitrogen and oxygen atoms in total. The SMILES string of the molecule is CCOC(=O)C(Br)(Br)c1ccc2oc(-c3ccc(F)cc3)nc2c1. The molecule has 7 heteroatoms. The first-order chi connectivity index (χ1) is 11.4. The summed E-state index contributed by atoms with van der Waals surface area (Å²) in [6.07, 6.45) is 0. The van der Waals surface area contributed by atoms with Crippen molar-refractivity contribution in [2.45, 2.75) is 10.2 Å². The molecule has 0 saturated heterocycles. The number of carbonyl (C=O) groups excluding carboxylic acids is 1. The molecule has 0 saturated carbocycles. The Morgan fingerprint density at radius 1 is 1.25 bits per heavy atom. The summed E-state index contributed by atoms with van der Waals surface area (Å²) >= 11 is 6.69. The number of hydrogen-bond donors (Lipinski definition) is 0. The van der Waals surface area contributed by atoms with Crippen molar-refractivity contribution in [1.29, 1.82) is 0 Å². The largest absolute Gasteiger partial charge is 0.464 e. The summed E-state index contributed by atoms with van der Waals surface area (Å²) in [6, 6.07) is 11.1. The summed E-state index contributed by atoms with van der Waals surface area (Å²) in [5.41, 5.74) is 2.45. The topological polar surface area (TPSA) is 52.3 Å². The molecule has 0 N–H and O–H groups in total. The van der Waals surface area contributed by atoms with Crippen LogP contribution in [0.15, 0.2) is 46.9 Å². The van der Waals surface area contributed by atoms with Crippen LogP contribution in [0.3, 0.4) is 0 Å². The number of carbonyl (C=O) groups is 1. The molecule has 24 heavy (non-hydrogen) atoms. The fourth-order valence-corrected chi connectivity index (χ4v) is 2.90. The first-order valence-electron chi connectivity index (χ1n) is 7.14. The second-order valence-electron chi connectivity index (χ2n) is 5.00. The fraction of sp³-hybridized carbons (Fsp3) is 0.176. The zero-order valence-corrected chi connectivity index (χ0v) is 15.7. The van der Waals surface area contributed by atoms with Gasteiger partial charge in [0.25, 0.3) is 0 Å². The van der Waals surface area contributed by atoms with E-state index in [4.69, 9.17) is 9.15 Å². The molecule has 0 aliphatic rings. The molecular weight excluding hydrogens is 445 g/mol. The molecule has 0 unspecified atom stereocenters.